The molecule has 178 valence electrons. The van der Waals surface area contributed by atoms with Crippen molar-refractivity contribution in [2.24, 2.45) is 23.7 Å². The molecule has 6 fully saturated rings. The van der Waals surface area contributed by atoms with E-state index in [1.54, 1.807) is 0 Å². The molecule has 1 saturated carbocycles. The van der Waals surface area contributed by atoms with E-state index in [1.807, 2.05) is 13.8 Å². The van der Waals surface area contributed by atoms with Crippen LogP contribution in [0.2, 0.25) is 0 Å². The summed E-state index contributed by atoms with van der Waals surface area (Å²) in [6.07, 6.45) is -4.74. The van der Waals surface area contributed by atoms with E-state index in [-0.39, 0.29) is 17.8 Å². The third kappa shape index (κ3) is 3.30. The van der Waals surface area contributed by atoms with Crippen molar-refractivity contribution in [3.05, 3.63) is 0 Å². The average molecular weight is 446 g/mol. The molecule has 5 aliphatic heterocycles. The van der Waals surface area contributed by atoms with Gasteiger partial charge in [-0.2, -0.15) is 0 Å². The number of aliphatic hydroxyl groups is 4. The highest BCUT2D eigenvalue weighted by molar-refractivity contribution is 5.09. The SMILES string of the molecule is C[C@H]1[C@H](O[C@@H]2O[C@H](CO)[C@@H](O)[C@H](O)[C@@H]2O)O[C@@H]2O[C@@]3(C)CC[C@H]4[C@H](C)CC[C@@H]1[C@@]24OO3. The lowest BCUT2D eigenvalue weighted by Crippen LogP contribution is -2.71. The van der Waals surface area contributed by atoms with E-state index in [1.165, 1.54) is 0 Å². The minimum Gasteiger partial charge on any atom is -0.394 e. The molecule has 0 amide bonds. The minimum absolute atomic E-state index is 0.0324. The minimum atomic E-state index is -1.51. The largest absolute Gasteiger partial charge is 0.394 e. The van der Waals surface area contributed by atoms with Gasteiger partial charge < -0.3 is 39.4 Å². The summed E-state index contributed by atoms with van der Waals surface area (Å²) in [6.45, 7) is 5.55. The third-order valence-electron chi connectivity index (χ3n) is 8.21. The molecule has 1 spiro atoms. The van der Waals surface area contributed by atoms with E-state index in [9.17, 15) is 20.4 Å². The topological polar surface area (TPSA) is 136 Å². The lowest BCUT2D eigenvalue weighted by Gasteiger charge is -2.60. The maximum Gasteiger partial charge on any atom is 0.201 e. The summed E-state index contributed by atoms with van der Waals surface area (Å²) >= 11 is 0. The number of ether oxygens (including phenoxy) is 4. The summed E-state index contributed by atoms with van der Waals surface area (Å²) in [4.78, 5) is 11.9. The Morgan fingerprint density at radius 2 is 1.68 bits per heavy atom. The molecule has 0 aromatic rings. The second-order valence-corrected chi connectivity index (χ2v) is 10.1. The van der Waals surface area contributed by atoms with Gasteiger partial charge in [0, 0.05) is 18.3 Å². The Kier molecular flexibility index (Phi) is 5.66. The van der Waals surface area contributed by atoms with Crippen LogP contribution in [0.25, 0.3) is 0 Å². The molecular formula is C21H34O10. The number of hydrogen-bond acceptors (Lipinski definition) is 10. The van der Waals surface area contributed by atoms with Gasteiger partial charge in [-0.15, -0.1) is 0 Å². The molecule has 6 rings (SSSR count). The number of rotatable bonds is 3. The van der Waals surface area contributed by atoms with E-state index in [4.69, 9.17) is 28.7 Å². The van der Waals surface area contributed by atoms with Crippen molar-refractivity contribution >= 4 is 0 Å². The van der Waals surface area contributed by atoms with Crippen LogP contribution in [0.1, 0.15) is 46.5 Å². The summed E-state index contributed by atoms with van der Waals surface area (Å²) in [5.41, 5.74) is -0.734. The van der Waals surface area contributed by atoms with Crippen LogP contribution in [0, 0.1) is 23.7 Å². The van der Waals surface area contributed by atoms with Gasteiger partial charge in [0.05, 0.1) is 6.61 Å². The van der Waals surface area contributed by atoms with Crippen LogP contribution < -0.4 is 0 Å². The van der Waals surface area contributed by atoms with Crippen LogP contribution >= 0.6 is 0 Å². The fourth-order valence-electron chi connectivity index (χ4n) is 6.34. The van der Waals surface area contributed by atoms with Crippen LogP contribution in [-0.4, -0.2) is 81.7 Å². The fraction of sp³-hybridized carbons (Fsp3) is 1.00. The second-order valence-electron chi connectivity index (χ2n) is 10.1. The highest BCUT2D eigenvalue weighted by atomic mass is 17.3. The quantitative estimate of drug-likeness (QED) is 0.439. The van der Waals surface area contributed by atoms with Crippen molar-refractivity contribution in [3.8, 4) is 0 Å². The van der Waals surface area contributed by atoms with E-state index in [0.717, 1.165) is 19.3 Å². The lowest BCUT2D eigenvalue weighted by molar-refractivity contribution is -0.579. The average Bonchev–Trinajstić information content (AvgIpc) is 2.98. The molecule has 10 heteroatoms. The van der Waals surface area contributed by atoms with Gasteiger partial charge in [0.25, 0.3) is 0 Å². The van der Waals surface area contributed by atoms with Gasteiger partial charge in [0.1, 0.15) is 24.4 Å². The number of hydrogen-bond donors (Lipinski definition) is 4. The molecule has 6 aliphatic rings. The first-order chi connectivity index (χ1) is 14.7. The first kappa shape index (κ1) is 22.4. The van der Waals surface area contributed by atoms with Crippen LogP contribution in [0.4, 0.5) is 0 Å². The molecule has 5 heterocycles. The molecule has 2 bridgehead atoms. The van der Waals surface area contributed by atoms with Crippen LogP contribution in [-0.2, 0) is 28.7 Å². The fourth-order valence-corrected chi connectivity index (χ4v) is 6.34. The third-order valence-corrected chi connectivity index (χ3v) is 8.21. The maximum atomic E-state index is 10.4. The Balaban J connectivity index is 1.41. The van der Waals surface area contributed by atoms with Crippen LogP contribution in [0.15, 0.2) is 0 Å². The van der Waals surface area contributed by atoms with Gasteiger partial charge in [0.15, 0.2) is 24.5 Å². The smallest absolute Gasteiger partial charge is 0.201 e. The monoisotopic (exact) mass is 446 g/mol. The van der Waals surface area contributed by atoms with E-state index >= 15 is 0 Å². The standard InChI is InChI=1S/C21H34O10/c1-9-4-5-12-10(2)17(27-18-16(25)15(24)14(23)13(8-22)26-18)28-19-21(12)11(9)6-7-20(3,29-19)30-31-21/h9-19,22-25H,4-8H2,1-3H3/t9-,10-,11+,12+,13-,14-,15+,16+,17-,18+,19-,20-,21-/m1/s1. The van der Waals surface area contributed by atoms with Crippen molar-refractivity contribution < 1.29 is 49.1 Å². The van der Waals surface area contributed by atoms with Gasteiger partial charge in [-0.25, -0.2) is 9.78 Å². The van der Waals surface area contributed by atoms with Gasteiger partial charge in [-0.3, -0.25) is 0 Å². The first-order valence-corrected chi connectivity index (χ1v) is 11.4. The Morgan fingerprint density at radius 3 is 2.42 bits per heavy atom. The Bertz CT molecular complexity index is 677. The zero-order valence-electron chi connectivity index (χ0n) is 18.1. The second kappa shape index (κ2) is 7.83. The lowest BCUT2D eigenvalue weighted by atomic mass is 9.58. The first-order valence-electron chi connectivity index (χ1n) is 11.4. The molecule has 13 atom stereocenters. The van der Waals surface area contributed by atoms with Crippen molar-refractivity contribution in [1.82, 2.24) is 0 Å². The molecule has 1 aliphatic carbocycles. The van der Waals surface area contributed by atoms with E-state index in [0.29, 0.717) is 12.3 Å². The van der Waals surface area contributed by atoms with Gasteiger partial charge in [-0.05, 0) is 38.0 Å². The number of aliphatic hydroxyl groups excluding tert-OH is 4. The van der Waals surface area contributed by atoms with Crippen LogP contribution in [0.3, 0.4) is 0 Å². The van der Waals surface area contributed by atoms with E-state index < -0.39 is 61.3 Å². The normalized spacial score (nSPS) is 59.1. The predicted molar refractivity (Wildman–Crippen MR) is 102 cm³/mol. The van der Waals surface area contributed by atoms with Gasteiger partial charge in [0.2, 0.25) is 5.79 Å². The summed E-state index contributed by atoms with van der Waals surface area (Å²) in [6, 6.07) is 0. The molecule has 5 saturated heterocycles. The molecule has 0 aromatic heterocycles. The van der Waals surface area contributed by atoms with Crippen molar-refractivity contribution in [2.45, 2.75) is 101 Å². The van der Waals surface area contributed by atoms with Crippen molar-refractivity contribution in [3.63, 3.8) is 0 Å². The Hall–Kier alpha value is -0.400. The molecule has 0 radical (unpaired) electrons. The number of fused-ring (bicyclic) bond motifs is 2. The van der Waals surface area contributed by atoms with Gasteiger partial charge in [-0.1, -0.05) is 13.8 Å². The van der Waals surface area contributed by atoms with Crippen molar-refractivity contribution in [1.29, 1.82) is 0 Å². The zero-order valence-corrected chi connectivity index (χ0v) is 18.1. The summed E-state index contributed by atoms with van der Waals surface area (Å²) in [5.74, 6) is -0.370. The van der Waals surface area contributed by atoms with E-state index in [2.05, 4.69) is 6.92 Å². The molecular weight excluding hydrogens is 412 g/mol. The maximum absolute atomic E-state index is 10.4. The summed E-state index contributed by atoms with van der Waals surface area (Å²) in [7, 11) is 0. The molecule has 0 unspecified atom stereocenters. The highest BCUT2D eigenvalue weighted by Gasteiger charge is 2.69. The predicted octanol–water partition coefficient (Wildman–Crippen LogP) is 0.0109. The molecule has 4 N–H and O–H groups in total. The van der Waals surface area contributed by atoms with Crippen molar-refractivity contribution in [2.75, 3.05) is 6.61 Å². The molecule has 10 nitrogen and oxygen atoms in total. The zero-order chi connectivity index (χ0) is 22.1. The van der Waals surface area contributed by atoms with Crippen LogP contribution in [0.5, 0.6) is 0 Å². The summed E-state index contributed by atoms with van der Waals surface area (Å²) < 4.78 is 24.1. The van der Waals surface area contributed by atoms with Gasteiger partial charge >= 0.3 is 0 Å². The molecule has 0 aromatic carbocycles. The highest BCUT2D eigenvalue weighted by Crippen LogP contribution is 2.60. The Labute approximate surface area is 181 Å². The summed E-state index contributed by atoms with van der Waals surface area (Å²) in [5, 5.41) is 40.0. The molecule has 31 heavy (non-hydrogen) atoms. The Morgan fingerprint density at radius 1 is 0.903 bits per heavy atom.